The highest BCUT2D eigenvalue weighted by Gasteiger charge is 2.39. The Labute approximate surface area is 83.6 Å². The summed E-state index contributed by atoms with van der Waals surface area (Å²) in [5.41, 5.74) is 0. The van der Waals surface area contributed by atoms with Crippen LogP contribution in [0.3, 0.4) is 0 Å². The molecule has 0 rings (SSSR count). The van der Waals surface area contributed by atoms with Gasteiger partial charge in [0.05, 0.1) is 0 Å². The van der Waals surface area contributed by atoms with Crippen LogP contribution in [0.15, 0.2) is 0 Å². The van der Waals surface area contributed by atoms with Gasteiger partial charge in [0.25, 0.3) is 0 Å². The minimum absolute atomic E-state index is 1.07. The summed E-state index contributed by atoms with van der Waals surface area (Å²) in [6, 6.07) is 0. The second-order valence-electron chi connectivity index (χ2n) is 3.24. The Morgan fingerprint density at radius 2 is 1.38 bits per heavy atom. The molecule has 80 valence electrons. The van der Waals surface area contributed by atoms with Crippen molar-refractivity contribution in [2.75, 3.05) is 41.3 Å². The van der Waals surface area contributed by atoms with E-state index in [4.69, 9.17) is 0 Å². The Morgan fingerprint density at radius 3 is 1.46 bits per heavy atom. The highest BCUT2D eigenvalue weighted by Crippen LogP contribution is 2.04. The summed E-state index contributed by atoms with van der Waals surface area (Å²) >= 11 is 0. The van der Waals surface area contributed by atoms with Crippen molar-refractivity contribution in [3.63, 3.8) is 0 Å². The van der Waals surface area contributed by atoms with Crippen LogP contribution in [-0.4, -0.2) is 59.1 Å². The van der Waals surface area contributed by atoms with E-state index in [0.717, 1.165) is 13.1 Å². The topological polar surface area (TPSA) is 30.5 Å². The van der Waals surface area contributed by atoms with Crippen molar-refractivity contribution in [2.45, 2.75) is 13.8 Å². The van der Waals surface area contributed by atoms with Gasteiger partial charge >= 0.3 is 8.72 Å². The fourth-order valence-electron chi connectivity index (χ4n) is 1.85. The number of hydrogen-bond acceptors (Lipinski definition) is 4. The van der Waals surface area contributed by atoms with Crippen molar-refractivity contribution in [3.8, 4) is 0 Å². The summed E-state index contributed by atoms with van der Waals surface area (Å²) in [6.07, 6.45) is 0. The molecule has 0 amide bonds. The van der Waals surface area contributed by atoms with E-state index in [9.17, 15) is 0 Å². The first-order valence-corrected chi connectivity index (χ1v) is 6.78. The normalized spacial score (nSPS) is 12.9. The van der Waals surface area contributed by atoms with Crippen LogP contribution in [0.2, 0.25) is 0 Å². The average Bonchev–Trinajstić information content (AvgIpc) is 2.13. The molecule has 0 heterocycles. The predicted octanol–water partition coefficient (Wildman–Crippen LogP) is -0.236. The van der Waals surface area contributed by atoms with E-state index in [1.54, 1.807) is 0 Å². The standard InChI is InChI=1S/C8H24N4Si/c1-7-12(8-2)13(9-3,10-4)11(5)6/h9-10H,7-8H2,1-6H3. The molecule has 4 nitrogen and oxygen atoms in total. The maximum absolute atomic E-state index is 3.45. The molecule has 0 bridgehead atoms. The molecule has 0 aliphatic carbocycles. The lowest BCUT2D eigenvalue weighted by atomic mass is 10.7. The van der Waals surface area contributed by atoms with Crippen LogP contribution in [-0.2, 0) is 0 Å². The van der Waals surface area contributed by atoms with Gasteiger partial charge in [0.1, 0.15) is 0 Å². The monoisotopic (exact) mass is 204 g/mol. The fourth-order valence-corrected chi connectivity index (χ4v) is 5.11. The lowest BCUT2D eigenvalue weighted by Crippen LogP contribution is -2.79. The molecule has 0 aromatic heterocycles. The van der Waals surface area contributed by atoms with E-state index >= 15 is 0 Å². The van der Waals surface area contributed by atoms with Crippen molar-refractivity contribution in [1.82, 2.24) is 19.1 Å². The zero-order valence-corrected chi connectivity index (χ0v) is 10.8. The van der Waals surface area contributed by atoms with Crippen LogP contribution in [0.25, 0.3) is 0 Å². The second-order valence-corrected chi connectivity index (χ2v) is 7.11. The van der Waals surface area contributed by atoms with Gasteiger partial charge < -0.3 is 9.96 Å². The molecule has 0 aliphatic heterocycles. The molecule has 0 aliphatic rings. The van der Waals surface area contributed by atoms with Gasteiger partial charge in [-0.1, -0.05) is 13.8 Å². The minimum Gasteiger partial charge on any atom is -0.303 e. The molecule has 0 saturated heterocycles. The Balaban J connectivity index is 4.71. The summed E-state index contributed by atoms with van der Waals surface area (Å²) < 4.78 is 4.74. The van der Waals surface area contributed by atoms with Gasteiger partial charge in [0.15, 0.2) is 0 Å². The predicted molar refractivity (Wildman–Crippen MR) is 60.5 cm³/mol. The van der Waals surface area contributed by atoms with Crippen LogP contribution in [0.5, 0.6) is 0 Å². The quantitative estimate of drug-likeness (QED) is 0.585. The highest BCUT2D eigenvalue weighted by molar-refractivity contribution is 6.69. The van der Waals surface area contributed by atoms with Crippen LogP contribution in [0.1, 0.15) is 13.8 Å². The average molecular weight is 204 g/mol. The minimum atomic E-state index is -1.78. The molecule has 0 fully saturated rings. The molecular formula is C8H24N4Si. The number of rotatable bonds is 6. The van der Waals surface area contributed by atoms with Crippen molar-refractivity contribution in [1.29, 1.82) is 0 Å². The summed E-state index contributed by atoms with van der Waals surface area (Å²) in [6.45, 7) is 6.54. The molecule has 5 heteroatoms. The number of nitrogens with zero attached hydrogens (tertiary/aromatic N) is 2. The molecule has 13 heavy (non-hydrogen) atoms. The van der Waals surface area contributed by atoms with Crippen LogP contribution < -0.4 is 9.96 Å². The van der Waals surface area contributed by atoms with Crippen LogP contribution in [0.4, 0.5) is 0 Å². The Morgan fingerprint density at radius 1 is 1.00 bits per heavy atom. The number of nitrogens with one attached hydrogen (secondary N) is 2. The van der Waals surface area contributed by atoms with Crippen LogP contribution in [0, 0.1) is 0 Å². The lowest BCUT2D eigenvalue weighted by molar-refractivity contribution is 0.371. The molecule has 0 unspecified atom stereocenters. The summed E-state index contributed by atoms with van der Waals surface area (Å²) in [5.74, 6) is 0. The van der Waals surface area contributed by atoms with E-state index in [1.807, 2.05) is 14.1 Å². The van der Waals surface area contributed by atoms with E-state index in [0.29, 0.717) is 0 Å². The zero-order chi connectivity index (χ0) is 10.5. The van der Waals surface area contributed by atoms with E-state index in [-0.39, 0.29) is 0 Å². The third-order valence-corrected chi connectivity index (χ3v) is 6.80. The van der Waals surface area contributed by atoms with Gasteiger partial charge in [0, 0.05) is 0 Å². The second kappa shape index (κ2) is 5.72. The summed E-state index contributed by atoms with van der Waals surface area (Å²) in [7, 11) is 6.52. The highest BCUT2D eigenvalue weighted by atomic mass is 28.4. The molecule has 0 radical (unpaired) electrons. The van der Waals surface area contributed by atoms with Crippen molar-refractivity contribution >= 4 is 8.72 Å². The summed E-state index contributed by atoms with van der Waals surface area (Å²) in [5, 5.41) is 0. The maximum atomic E-state index is 3.45. The van der Waals surface area contributed by atoms with Gasteiger partial charge in [-0.2, -0.15) is 0 Å². The van der Waals surface area contributed by atoms with Gasteiger partial charge in [0.2, 0.25) is 0 Å². The molecule has 0 spiro atoms. The Hall–Kier alpha value is 0.0569. The zero-order valence-electron chi connectivity index (χ0n) is 9.81. The van der Waals surface area contributed by atoms with Crippen molar-refractivity contribution in [2.24, 2.45) is 0 Å². The summed E-state index contributed by atoms with van der Waals surface area (Å²) in [4.78, 5) is 6.89. The van der Waals surface area contributed by atoms with Gasteiger partial charge in [-0.05, 0) is 41.3 Å². The third kappa shape index (κ3) is 2.51. The molecule has 2 N–H and O–H groups in total. The fraction of sp³-hybridized carbons (Fsp3) is 1.00. The van der Waals surface area contributed by atoms with Crippen LogP contribution >= 0.6 is 0 Å². The first-order valence-electron chi connectivity index (χ1n) is 4.89. The van der Waals surface area contributed by atoms with E-state index in [1.165, 1.54) is 0 Å². The van der Waals surface area contributed by atoms with Crippen molar-refractivity contribution in [3.05, 3.63) is 0 Å². The SMILES string of the molecule is CCN(CC)[Si](NC)(NC)N(C)C. The first kappa shape index (κ1) is 13.1. The smallest absolute Gasteiger partial charge is 0.303 e. The van der Waals surface area contributed by atoms with Crippen molar-refractivity contribution < 1.29 is 0 Å². The molecule has 0 aromatic carbocycles. The van der Waals surface area contributed by atoms with Gasteiger partial charge in [-0.25, -0.2) is 0 Å². The molecular weight excluding hydrogens is 180 g/mol. The molecule has 0 atom stereocenters. The maximum Gasteiger partial charge on any atom is 0.370 e. The largest absolute Gasteiger partial charge is 0.370 e. The van der Waals surface area contributed by atoms with Gasteiger partial charge in [-0.15, -0.1) is 0 Å². The van der Waals surface area contributed by atoms with Gasteiger partial charge in [-0.3, -0.25) is 9.13 Å². The Bertz CT molecular complexity index is 132. The van der Waals surface area contributed by atoms with E-state index < -0.39 is 8.72 Å². The Kier molecular flexibility index (Phi) is 5.74. The number of hydrogen-bond donors (Lipinski definition) is 2. The lowest BCUT2D eigenvalue weighted by Gasteiger charge is -2.43. The first-order chi connectivity index (χ1) is 6.08. The molecule has 0 saturated carbocycles. The third-order valence-electron chi connectivity index (χ3n) is 2.57. The molecule has 0 aromatic rings. The van der Waals surface area contributed by atoms with E-state index in [2.05, 4.69) is 47.0 Å².